The summed E-state index contributed by atoms with van der Waals surface area (Å²) in [6, 6.07) is 5.19. The molecule has 21 heavy (non-hydrogen) atoms. The quantitative estimate of drug-likeness (QED) is 0.931. The van der Waals surface area contributed by atoms with Crippen molar-refractivity contribution in [2.75, 3.05) is 25.5 Å². The molecule has 0 saturated heterocycles. The molecule has 0 bridgehead atoms. The average Bonchev–Trinajstić information content (AvgIpc) is 2.54. The van der Waals surface area contributed by atoms with E-state index in [9.17, 15) is 8.42 Å². The molecule has 5 nitrogen and oxygen atoms in total. The third-order valence-electron chi connectivity index (χ3n) is 4.39. The molecule has 1 saturated carbocycles. The molecule has 6 heteroatoms. The van der Waals surface area contributed by atoms with E-state index in [1.54, 1.807) is 29.6 Å². The Bertz CT molecular complexity index is 609. The first-order valence-electron chi connectivity index (χ1n) is 7.58. The first-order valence-corrected chi connectivity index (χ1v) is 9.02. The molecule has 1 heterocycles. The minimum atomic E-state index is -3.43. The van der Waals surface area contributed by atoms with Gasteiger partial charge in [0, 0.05) is 19.6 Å². The Kier molecular flexibility index (Phi) is 4.08. The van der Waals surface area contributed by atoms with Gasteiger partial charge < -0.3 is 10.1 Å². The summed E-state index contributed by atoms with van der Waals surface area (Å²) in [5, 5.41) is 3.19. The van der Waals surface area contributed by atoms with Crippen molar-refractivity contribution in [1.82, 2.24) is 4.31 Å². The number of sulfonamides is 1. The number of fused-ring (bicyclic) bond motifs is 1. The number of anilines is 1. The highest BCUT2D eigenvalue weighted by Crippen LogP contribution is 2.32. The second-order valence-corrected chi connectivity index (χ2v) is 7.74. The van der Waals surface area contributed by atoms with Crippen molar-refractivity contribution in [2.45, 2.75) is 43.0 Å². The summed E-state index contributed by atoms with van der Waals surface area (Å²) < 4.78 is 32.6. The smallest absolute Gasteiger partial charge is 0.243 e. The second kappa shape index (κ2) is 5.85. The van der Waals surface area contributed by atoms with Crippen molar-refractivity contribution in [3.05, 3.63) is 18.2 Å². The predicted octanol–water partition coefficient (Wildman–Crippen LogP) is 2.44. The van der Waals surface area contributed by atoms with Gasteiger partial charge in [0.05, 0.1) is 10.6 Å². The predicted molar refractivity (Wildman–Crippen MR) is 82.2 cm³/mol. The molecule has 0 aromatic heterocycles. The number of rotatable bonds is 3. The molecular weight excluding hydrogens is 288 g/mol. The van der Waals surface area contributed by atoms with Crippen LogP contribution in [0.4, 0.5) is 5.69 Å². The van der Waals surface area contributed by atoms with E-state index in [0.29, 0.717) is 18.0 Å². The maximum absolute atomic E-state index is 12.8. The van der Waals surface area contributed by atoms with Crippen molar-refractivity contribution < 1.29 is 13.2 Å². The van der Waals surface area contributed by atoms with Gasteiger partial charge in [0.15, 0.2) is 0 Å². The molecule has 0 amide bonds. The van der Waals surface area contributed by atoms with Gasteiger partial charge in [0.25, 0.3) is 0 Å². The van der Waals surface area contributed by atoms with Crippen molar-refractivity contribution in [2.24, 2.45) is 0 Å². The third-order valence-corrected chi connectivity index (χ3v) is 6.30. The van der Waals surface area contributed by atoms with E-state index in [0.717, 1.165) is 37.1 Å². The molecule has 1 N–H and O–H groups in total. The van der Waals surface area contributed by atoms with Gasteiger partial charge in [0.2, 0.25) is 10.0 Å². The van der Waals surface area contributed by atoms with E-state index in [4.69, 9.17) is 4.74 Å². The van der Waals surface area contributed by atoms with Gasteiger partial charge in [0.1, 0.15) is 12.4 Å². The van der Waals surface area contributed by atoms with Crippen LogP contribution in [0.3, 0.4) is 0 Å². The standard InChI is InChI=1S/C15H22N2O3S/c1-17(12-5-3-2-4-6-12)21(18,19)13-7-8-15-14(11-13)16-9-10-20-15/h7-8,11-12,16H,2-6,9-10H2,1H3. The van der Waals surface area contributed by atoms with Crippen molar-refractivity contribution in [1.29, 1.82) is 0 Å². The number of nitrogens with one attached hydrogen (secondary N) is 1. The lowest BCUT2D eigenvalue weighted by Gasteiger charge is -2.30. The van der Waals surface area contributed by atoms with Crippen LogP contribution in [-0.2, 0) is 10.0 Å². The minimum absolute atomic E-state index is 0.129. The van der Waals surface area contributed by atoms with Crippen molar-refractivity contribution in [3.8, 4) is 5.75 Å². The maximum Gasteiger partial charge on any atom is 0.243 e. The Morgan fingerprint density at radius 1 is 1.24 bits per heavy atom. The lowest BCUT2D eigenvalue weighted by Crippen LogP contribution is -2.38. The fourth-order valence-electron chi connectivity index (χ4n) is 3.09. The zero-order valence-corrected chi connectivity index (χ0v) is 13.2. The van der Waals surface area contributed by atoms with E-state index < -0.39 is 10.0 Å². The van der Waals surface area contributed by atoms with Gasteiger partial charge >= 0.3 is 0 Å². The molecule has 2 aliphatic rings. The lowest BCUT2D eigenvalue weighted by atomic mass is 9.96. The Balaban J connectivity index is 1.86. The largest absolute Gasteiger partial charge is 0.490 e. The molecule has 0 atom stereocenters. The summed E-state index contributed by atoms with van der Waals surface area (Å²) >= 11 is 0. The van der Waals surface area contributed by atoms with Crippen molar-refractivity contribution >= 4 is 15.7 Å². The average molecular weight is 310 g/mol. The molecule has 1 aliphatic carbocycles. The van der Waals surface area contributed by atoms with E-state index in [-0.39, 0.29) is 6.04 Å². The Labute approximate surface area is 126 Å². The van der Waals surface area contributed by atoms with Crippen LogP contribution in [0, 0.1) is 0 Å². The number of hydrogen-bond donors (Lipinski definition) is 1. The number of hydrogen-bond acceptors (Lipinski definition) is 4. The van der Waals surface area contributed by atoms with Gasteiger partial charge in [-0.2, -0.15) is 4.31 Å². The summed E-state index contributed by atoms with van der Waals surface area (Å²) in [6.45, 7) is 1.32. The summed E-state index contributed by atoms with van der Waals surface area (Å²) in [4.78, 5) is 0.340. The van der Waals surface area contributed by atoms with Gasteiger partial charge in [-0.3, -0.25) is 0 Å². The van der Waals surface area contributed by atoms with E-state index in [1.165, 1.54) is 6.42 Å². The molecule has 0 spiro atoms. The molecule has 1 aliphatic heterocycles. The van der Waals surface area contributed by atoms with Crippen LogP contribution < -0.4 is 10.1 Å². The van der Waals surface area contributed by atoms with E-state index in [1.807, 2.05) is 0 Å². The Hall–Kier alpha value is -1.27. The molecule has 1 fully saturated rings. The highest BCUT2D eigenvalue weighted by atomic mass is 32.2. The molecule has 3 rings (SSSR count). The van der Waals surface area contributed by atoms with Gasteiger partial charge in [-0.1, -0.05) is 19.3 Å². The second-order valence-electron chi connectivity index (χ2n) is 5.75. The van der Waals surface area contributed by atoms with Crippen LogP contribution in [0.25, 0.3) is 0 Å². The summed E-state index contributed by atoms with van der Waals surface area (Å²) in [5.74, 6) is 0.723. The topological polar surface area (TPSA) is 58.6 Å². The molecule has 0 unspecified atom stereocenters. The van der Waals surface area contributed by atoms with Crippen LogP contribution in [0.1, 0.15) is 32.1 Å². The minimum Gasteiger partial charge on any atom is -0.490 e. The van der Waals surface area contributed by atoms with E-state index in [2.05, 4.69) is 5.32 Å². The first kappa shape index (κ1) is 14.7. The van der Waals surface area contributed by atoms with Crippen LogP contribution in [0.2, 0.25) is 0 Å². The van der Waals surface area contributed by atoms with Gasteiger partial charge in [-0.25, -0.2) is 8.42 Å². The molecular formula is C15H22N2O3S. The van der Waals surface area contributed by atoms with Crippen LogP contribution in [0.15, 0.2) is 23.1 Å². The normalized spacial score (nSPS) is 19.7. The summed E-state index contributed by atoms with van der Waals surface area (Å²) in [5.41, 5.74) is 0.763. The fourth-order valence-corrected chi connectivity index (χ4v) is 4.53. The maximum atomic E-state index is 12.8. The first-order chi connectivity index (χ1) is 10.1. The third kappa shape index (κ3) is 2.87. The Morgan fingerprint density at radius 2 is 2.00 bits per heavy atom. The molecule has 0 radical (unpaired) electrons. The van der Waals surface area contributed by atoms with Crippen molar-refractivity contribution in [3.63, 3.8) is 0 Å². The molecule has 1 aromatic rings. The zero-order valence-electron chi connectivity index (χ0n) is 12.3. The number of benzene rings is 1. The Morgan fingerprint density at radius 3 is 2.76 bits per heavy atom. The van der Waals surface area contributed by atoms with Gasteiger partial charge in [-0.05, 0) is 31.0 Å². The number of nitrogens with zero attached hydrogens (tertiary/aromatic N) is 1. The monoisotopic (exact) mass is 310 g/mol. The highest BCUT2D eigenvalue weighted by Gasteiger charge is 2.29. The molecule has 1 aromatic carbocycles. The molecule has 116 valence electrons. The highest BCUT2D eigenvalue weighted by molar-refractivity contribution is 7.89. The van der Waals surface area contributed by atoms with Gasteiger partial charge in [-0.15, -0.1) is 0 Å². The van der Waals surface area contributed by atoms with Crippen LogP contribution >= 0.6 is 0 Å². The fraction of sp³-hybridized carbons (Fsp3) is 0.600. The SMILES string of the molecule is CN(C1CCCCC1)S(=O)(=O)c1ccc2c(c1)NCCO2. The summed E-state index contributed by atoms with van der Waals surface area (Å²) in [7, 11) is -1.73. The zero-order chi connectivity index (χ0) is 14.9. The lowest BCUT2D eigenvalue weighted by molar-refractivity contribution is 0.285. The summed E-state index contributed by atoms with van der Waals surface area (Å²) in [6.07, 6.45) is 5.36. The van der Waals surface area contributed by atoms with Crippen LogP contribution in [0.5, 0.6) is 5.75 Å². The van der Waals surface area contributed by atoms with Crippen LogP contribution in [-0.4, -0.2) is 39.0 Å². The number of ether oxygens (including phenoxy) is 1. The van der Waals surface area contributed by atoms with E-state index >= 15 is 0 Å².